The highest BCUT2D eigenvalue weighted by atomic mass is 16.5. The molecular formula is C14H23N9O3. The monoisotopic (exact) mass is 365 g/mol. The summed E-state index contributed by atoms with van der Waals surface area (Å²) in [6.45, 7) is 4.01. The highest BCUT2D eigenvalue weighted by Crippen LogP contribution is 2.39. The number of aliphatic hydroxyl groups is 2. The van der Waals surface area contributed by atoms with E-state index in [1.807, 2.05) is 13.8 Å². The van der Waals surface area contributed by atoms with Crippen LogP contribution in [0.25, 0.3) is 31.3 Å². The molecule has 1 saturated carbocycles. The zero-order chi connectivity index (χ0) is 19.3. The van der Waals surface area contributed by atoms with Gasteiger partial charge in [0.15, 0.2) is 0 Å². The van der Waals surface area contributed by atoms with E-state index >= 15 is 0 Å². The molecule has 0 radical (unpaired) electrons. The molecule has 12 heteroatoms. The summed E-state index contributed by atoms with van der Waals surface area (Å²) in [6.07, 6.45) is -2.13. The van der Waals surface area contributed by atoms with E-state index < -0.39 is 42.4 Å². The first-order valence-electron chi connectivity index (χ1n) is 8.58. The molecule has 2 fully saturated rings. The zero-order valence-electron chi connectivity index (χ0n) is 14.6. The molecule has 2 N–H and O–H groups in total. The Morgan fingerprint density at radius 3 is 2.04 bits per heavy atom. The molecule has 2 aliphatic rings. The minimum Gasteiger partial charge on any atom is -0.390 e. The van der Waals surface area contributed by atoms with Crippen molar-refractivity contribution in [2.24, 2.45) is 27.2 Å². The Morgan fingerprint density at radius 2 is 1.46 bits per heavy atom. The minimum absolute atomic E-state index is 0.0756. The first kappa shape index (κ1) is 20.1. The Balaban J connectivity index is 2.39. The standard InChI is InChI=1S/C14H23N9O3/c1-6(2)10-4-3-7(18-21-15)14(26-10)11-8(19-22-16)5-9(20-23-17)12(24)13(11)25/h6-14,24-25H,3-5H2,1-2H3/t7?,8?,9?,10-,11?,12-,13-,14-/m0/s1. The van der Waals surface area contributed by atoms with E-state index in [0.717, 1.165) is 0 Å². The number of hydrogen-bond acceptors (Lipinski definition) is 6. The van der Waals surface area contributed by atoms with Crippen molar-refractivity contribution in [3.05, 3.63) is 31.3 Å². The average Bonchev–Trinajstić information content (AvgIpc) is 2.61. The summed E-state index contributed by atoms with van der Waals surface area (Å²) in [6, 6.07) is -2.22. The number of azide groups is 3. The van der Waals surface area contributed by atoms with Gasteiger partial charge in [-0.25, -0.2) is 0 Å². The van der Waals surface area contributed by atoms with Gasteiger partial charge in [0.2, 0.25) is 0 Å². The molecule has 0 amide bonds. The third kappa shape index (κ3) is 4.13. The van der Waals surface area contributed by atoms with Gasteiger partial charge in [0.05, 0.1) is 36.5 Å². The molecule has 0 aromatic rings. The van der Waals surface area contributed by atoms with Gasteiger partial charge in [-0.3, -0.25) is 0 Å². The van der Waals surface area contributed by atoms with Gasteiger partial charge in [0, 0.05) is 26.7 Å². The zero-order valence-corrected chi connectivity index (χ0v) is 14.6. The van der Waals surface area contributed by atoms with Crippen molar-refractivity contribution < 1.29 is 14.9 Å². The lowest BCUT2D eigenvalue weighted by Gasteiger charge is -2.47. The Hall–Kier alpha value is -2.19. The van der Waals surface area contributed by atoms with Crippen LogP contribution in [0.5, 0.6) is 0 Å². The van der Waals surface area contributed by atoms with Crippen LogP contribution in [0.1, 0.15) is 33.1 Å². The largest absolute Gasteiger partial charge is 0.390 e. The maximum atomic E-state index is 10.7. The van der Waals surface area contributed by atoms with Crippen LogP contribution in [0.3, 0.4) is 0 Å². The maximum Gasteiger partial charge on any atom is 0.0887 e. The van der Waals surface area contributed by atoms with Crippen LogP contribution < -0.4 is 0 Å². The van der Waals surface area contributed by atoms with Gasteiger partial charge in [0.1, 0.15) is 0 Å². The maximum absolute atomic E-state index is 10.7. The molecule has 26 heavy (non-hydrogen) atoms. The highest BCUT2D eigenvalue weighted by Gasteiger charge is 2.50. The van der Waals surface area contributed by atoms with E-state index in [1.165, 1.54) is 0 Å². The second-order valence-electron chi connectivity index (χ2n) is 7.07. The molecule has 1 aliphatic carbocycles. The van der Waals surface area contributed by atoms with Gasteiger partial charge >= 0.3 is 0 Å². The average molecular weight is 365 g/mol. The van der Waals surface area contributed by atoms with Gasteiger partial charge in [-0.2, -0.15) is 0 Å². The van der Waals surface area contributed by atoms with Crippen molar-refractivity contribution in [1.29, 1.82) is 0 Å². The summed E-state index contributed by atoms with van der Waals surface area (Å²) >= 11 is 0. The fraction of sp³-hybridized carbons (Fsp3) is 1.00. The summed E-state index contributed by atoms with van der Waals surface area (Å²) in [4.78, 5) is 8.36. The fourth-order valence-electron chi connectivity index (χ4n) is 3.90. The lowest BCUT2D eigenvalue weighted by Crippen LogP contribution is -2.59. The van der Waals surface area contributed by atoms with E-state index in [2.05, 4.69) is 30.1 Å². The molecule has 8 atom stereocenters. The molecule has 1 saturated heterocycles. The topological polar surface area (TPSA) is 196 Å². The minimum atomic E-state index is -1.35. The van der Waals surface area contributed by atoms with Crippen LogP contribution in [-0.2, 0) is 4.74 Å². The lowest BCUT2D eigenvalue weighted by molar-refractivity contribution is -0.160. The lowest BCUT2D eigenvalue weighted by atomic mass is 9.72. The van der Waals surface area contributed by atoms with Crippen molar-refractivity contribution in [1.82, 2.24) is 0 Å². The van der Waals surface area contributed by atoms with Crippen LogP contribution in [0.15, 0.2) is 15.3 Å². The second kappa shape index (κ2) is 8.95. The Bertz CT molecular complexity index is 640. The molecule has 0 spiro atoms. The molecule has 4 unspecified atom stereocenters. The van der Waals surface area contributed by atoms with E-state index in [4.69, 9.17) is 21.3 Å². The van der Waals surface area contributed by atoms with Crippen LogP contribution in [-0.4, -0.2) is 52.8 Å². The Kier molecular flexibility index (Phi) is 6.93. The Labute approximate surface area is 150 Å². The van der Waals surface area contributed by atoms with Gasteiger partial charge in [-0.15, -0.1) is 0 Å². The molecule has 1 aliphatic heterocycles. The molecule has 12 nitrogen and oxygen atoms in total. The molecule has 0 aromatic heterocycles. The second-order valence-corrected chi connectivity index (χ2v) is 7.07. The quantitative estimate of drug-likeness (QED) is 0.429. The number of ether oxygens (including phenoxy) is 1. The van der Waals surface area contributed by atoms with Crippen molar-refractivity contribution in [3.8, 4) is 0 Å². The van der Waals surface area contributed by atoms with Gasteiger partial charge in [-0.05, 0) is 41.8 Å². The van der Waals surface area contributed by atoms with E-state index in [1.54, 1.807) is 0 Å². The summed E-state index contributed by atoms with van der Waals surface area (Å²) in [7, 11) is 0. The fourth-order valence-corrected chi connectivity index (χ4v) is 3.90. The van der Waals surface area contributed by atoms with Gasteiger partial charge in [-0.1, -0.05) is 29.2 Å². The van der Waals surface area contributed by atoms with Crippen molar-refractivity contribution >= 4 is 0 Å². The smallest absolute Gasteiger partial charge is 0.0887 e. The van der Waals surface area contributed by atoms with Gasteiger partial charge < -0.3 is 14.9 Å². The highest BCUT2D eigenvalue weighted by molar-refractivity contribution is 5.05. The summed E-state index contributed by atoms with van der Waals surface area (Å²) < 4.78 is 6.12. The number of rotatable bonds is 5. The van der Waals surface area contributed by atoms with E-state index in [0.29, 0.717) is 12.8 Å². The van der Waals surface area contributed by atoms with E-state index in [-0.39, 0.29) is 18.4 Å². The molecule has 1 heterocycles. The van der Waals surface area contributed by atoms with Gasteiger partial charge in [0.25, 0.3) is 0 Å². The predicted octanol–water partition coefficient (Wildman–Crippen LogP) is 2.97. The number of hydrogen-bond donors (Lipinski definition) is 2. The van der Waals surface area contributed by atoms with Crippen LogP contribution in [0.4, 0.5) is 0 Å². The van der Waals surface area contributed by atoms with Crippen molar-refractivity contribution in [2.75, 3.05) is 0 Å². The molecule has 142 valence electrons. The first-order valence-corrected chi connectivity index (χ1v) is 8.58. The third-order valence-corrected chi connectivity index (χ3v) is 5.25. The van der Waals surface area contributed by atoms with Crippen LogP contribution in [0, 0.1) is 11.8 Å². The molecule has 2 rings (SSSR count). The molecule has 0 aromatic carbocycles. The first-order chi connectivity index (χ1) is 12.4. The summed E-state index contributed by atoms with van der Waals surface area (Å²) in [5.74, 6) is -0.563. The summed E-state index contributed by atoms with van der Waals surface area (Å²) in [5.41, 5.74) is 26.4. The predicted molar refractivity (Wildman–Crippen MR) is 91.7 cm³/mol. The summed E-state index contributed by atoms with van der Waals surface area (Å²) in [5, 5.41) is 32.0. The number of aliphatic hydroxyl groups excluding tert-OH is 2. The van der Waals surface area contributed by atoms with Crippen LogP contribution >= 0.6 is 0 Å². The number of nitrogens with zero attached hydrogens (tertiary/aromatic N) is 9. The SMILES string of the molecule is CC(C)[C@@H]1CCC(N=[N+]=[N-])[C@@H](C2C(N=[N+]=[N-])CC(N=[N+]=[N-])[C@H](O)[C@H]2O)O1. The molecular weight excluding hydrogens is 342 g/mol. The third-order valence-electron chi connectivity index (χ3n) is 5.25. The van der Waals surface area contributed by atoms with Crippen molar-refractivity contribution in [2.45, 2.75) is 75.7 Å². The Morgan fingerprint density at radius 1 is 0.885 bits per heavy atom. The van der Waals surface area contributed by atoms with E-state index in [9.17, 15) is 10.2 Å². The van der Waals surface area contributed by atoms with Crippen molar-refractivity contribution in [3.63, 3.8) is 0 Å². The normalized spacial score (nSPS) is 40.0. The van der Waals surface area contributed by atoms with Crippen LogP contribution in [0.2, 0.25) is 0 Å². The molecule has 0 bridgehead atoms.